The van der Waals surface area contributed by atoms with Gasteiger partial charge in [0.25, 0.3) is 23.6 Å². The molecule has 1 saturated carbocycles. The number of hydrogen-bond acceptors (Lipinski definition) is 9. The van der Waals surface area contributed by atoms with E-state index in [-0.39, 0.29) is 34.9 Å². The van der Waals surface area contributed by atoms with Gasteiger partial charge in [0.05, 0.1) is 41.0 Å². The van der Waals surface area contributed by atoms with E-state index in [1.54, 1.807) is 42.5 Å². The highest BCUT2D eigenvalue weighted by Gasteiger charge is 2.71. The third kappa shape index (κ3) is 5.89. The van der Waals surface area contributed by atoms with E-state index >= 15 is 4.79 Å². The van der Waals surface area contributed by atoms with Crippen LogP contribution in [0.5, 0.6) is 11.5 Å². The number of aromatic hydroxyl groups is 1. The van der Waals surface area contributed by atoms with Gasteiger partial charge >= 0.3 is 6.18 Å². The van der Waals surface area contributed by atoms with Crippen LogP contribution >= 0.6 is 23.2 Å². The third-order valence-corrected chi connectivity index (χ3v) is 12.1. The summed E-state index contributed by atoms with van der Waals surface area (Å²) >= 11 is 12.6. The highest BCUT2D eigenvalue weighted by Crippen LogP contribution is 2.65. The standard InChI is InChI=1S/C40H31Cl2F4N5O6/c1-49(34-29(42)15-16-31(47-34)40(44,45)46)51-35(53)26-14-13-24-27(32(26)37(51)55)18-28-36(54)50(48-22-9-7-21(43)8-10-22)38(56)39(28,19-3-5-20(41)6-4-19)33(24)25-12-11-23(57-2)17-30(25)52/h3-13,15-17,26-28,32-33,48,52H,14,18H2,1-2H3. The zero-order valence-electron chi connectivity index (χ0n) is 29.9. The molecule has 4 aliphatic rings. The topological polar surface area (TPSA) is 132 Å². The van der Waals surface area contributed by atoms with E-state index in [9.17, 15) is 37.1 Å². The van der Waals surface area contributed by atoms with E-state index in [0.717, 1.165) is 33.2 Å². The summed E-state index contributed by atoms with van der Waals surface area (Å²) in [6.45, 7) is 0. The summed E-state index contributed by atoms with van der Waals surface area (Å²) in [4.78, 5) is 62.5. The van der Waals surface area contributed by atoms with Crippen molar-refractivity contribution in [1.29, 1.82) is 0 Å². The number of phenolic OH excluding ortho intramolecular Hbond substituents is 1. The van der Waals surface area contributed by atoms with E-state index in [4.69, 9.17) is 27.9 Å². The minimum Gasteiger partial charge on any atom is -0.508 e. The second-order valence-electron chi connectivity index (χ2n) is 14.3. The highest BCUT2D eigenvalue weighted by atomic mass is 35.5. The van der Waals surface area contributed by atoms with Crippen molar-refractivity contribution in [1.82, 2.24) is 15.0 Å². The third-order valence-electron chi connectivity index (χ3n) is 11.5. The maximum Gasteiger partial charge on any atom is 0.433 e. The number of fused-ring (bicyclic) bond motifs is 4. The molecular formula is C40H31Cl2F4N5O6. The molecule has 57 heavy (non-hydrogen) atoms. The van der Waals surface area contributed by atoms with Crippen LogP contribution in [0.1, 0.15) is 35.6 Å². The number of nitrogens with zero attached hydrogens (tertiary/aromatic N) is 4. The van der Waals surface area contributed by atoms with E-state index < -0.39 is 82.1 Å². The van der Waals surface area contributed by atoms with Crippen LogP contribution in [0.15, 0.2) is 90.5 Å². The average molecular weight is 825 g/mol. The maximum atomic E-state index is 15.3. The Morgan fingerprint density at radius 3 is 2.28 bits per heavy atom. The van der Waals surface area contributed by atoms with Crippen LogP contribution in [0.4, 0.5) is 29.1 Å². The molecule has 3 aromatic carbocycles. The summed E-state index contributed by atoms with van der Waals surface area (Å²) in [6.07, 6.45) is -3.26. The Kier molecular flexibility index (Phi) is 9.23. The van der Waals surface area contributed by atoms with Crippen LogP contribution in [-0.4, -0.2) is 57.9 Å². The molecular weight excluding hydrogens is 793 g/mol. The van der Waals surface area contributed by atoms with Crippen molar-refractivity contribution in [3.8, 4) is 11.5 Å². The molecule has 8 rings (SSSR count). The molecule has 0 radical (unpaired) electrons. The number of imide groups is 2. The Balaban J connectivity index is 1.29. The van der Waals surface area contributed by atoms with E-state index in [1.807, 2.05) is 0 Å². The number of phenols is 1. The number of ether oxygens (including phenoxy) is 1. The lowest BCUT2D eigenvalue weighted by atomic mass is 9.49. The number of amides is 4. The fraction of sp³-hybridized carbons (Fsp3) is 0.275. The smallest absolute Gasteiger partial charge is 0.433 e. The molecule has 2 N–H and O–H groups in total. The molecule has 6 atom stereocenters. The lowest BCUT2D eigenvalue weighted by Crippen LogP contribution is -2.53. The number of rotatable bonds is 7. The summed E-state index contributed by atoms with van der Waals surface area (Å²) in [5, 5.41) is 14.3. The van der Waals surface area contributed by atoms with Gasteiger partial charge in [-0.25, -0.2) is 9.37 Å². The van der Waals surface area contributed by atoms with Gasteiger partial charge in [-0.2, -0.15) is 23.2 Å². The molecule has 2 saturated heterocycles. The summed E-state index contributed by atoms with van der Waals surface area (Å²) in [5.41, 5.74) is 1.10. The van der Waals surface area contributed by atoms with Crippen LogP contribution in [0, 0.1) is 29.5 Å². The molecule has 294 valence electrons. The average Bonchev–Trinajstić information content (AvgIpc) is 3.56. The number of nitrogens with one attached hydrogen (secondary N) is 1. The number of anilines is 2. The monoisotopic (exact) mass is 823 g/mol. The van der Waals surface area contributed by atoms with Crippen molar-refractivity contribution >= 4 is 58.3 Å². The maximum absolute atomic E-state index is 15.3. The number of halogens is 6. The molecule has 2 aliphatic heterocycles. The number of alkyl halides is 3. The predicted molar refractivity (Wildman–Crippen MR) is 198 cm³/mol. The van der Waals surface area contributed by atoms with E-state index in [1.165, 1.54) is 32.4 Å². The minimum atomic E-state index is -4.85. The van der Waals surface area contributed by atoms with Crippen molar-refractivity contribution < 1.29 is 46.6 Å². The molecule has 4 aromatic rings. The molecule has 0 spiro atoms. The van der Waals surface area contributed by atoms with Gasteiger partial charge in [0, 0.05) is 29.6 Å². The number of pyridine rings is 1. The number of carbonyl (C=O) groups is 4. The van der Waals surface area contributed by atoms with Gasteiger partial charge < -0.3 is 9.84 Å². The molecule has 1 aromatic heterocycles. The van der Waals surface area contributed by atoms with Crippen LogP contribution in [0.25, 0.3) is 0 Å². The lowest BCUT2D eigenvalue weighted by Gasteiger charge is -2.50. The summed E-state index contributed by atoms with van der Waals surface area (Å²) in [7, 11) is 2.62. The zero-order valence-corrected chi connectivity index (χ0v) is 31.4. The Bertz CT molecular complexity index is 2380. The van der Waals surface area contributed by atoms with Crippen LogP contribution in [-0.2, 0) is 30.8 Å². The minimum absolute atomic E-state index is 0.0242. The number of hydrazine groups is 2. The molecule has 0 bridgehead atoms. The van der Waals surface area contributed by atoms with E-state index in [2.05, 4.69) is 10.4 Å². The molecule has 3 heterocycles. The first-order valence-corrected chi connectivity index (χ1v) is 18.4. The highest BCUT2D eigenvalue weighted by molar-refractivity contribution is 6.33. The second-order valence-corrected chi connectivity index (χ2v) is 15.2. The number of benzene rings is 3. The van der Waals surface area contributed by atoms with Crippen LogP contribution in [0.3, 0.4) is 0 Å². The molecule has 6 unspecified atom stereocenters. The predicted octanol–water partition coefficient (Wildman–Crippen LogP) is 7.30. The molecule has 3 fully saturated rings. The zero-order chi connectivity index (χ0) is 40.7. The Labute approximate surface area is 332 Å². The molecule has 2 aliphatic carbocycles. The van der Waals surface area contributed by atoms with Crippen molar-refractivity contribution in [2.45, 2.75) is 30.4 Å². The fourth-order valence-electron chi connectivity index (χ4n) is 9.08. The fourth-order valence-corrected chi connectivity index (χ4v) is 9.44. The van der Waals surface area contributed by atoms with Gasteiger partial charge in [-0.3, -0.25) is 29.6 Å². The van der Waals surface area contributed by atoms with Gasteiger partial charge in [-0.05, 0) is 78.9 Å². The van der Waals surface area contributed by atoms with Crippen LogP contribution in [0.2, 0.25) is 10.0 Å². The van der Waals surface area contributed by atoms with Crippen molar-refractivity contribution in [3.63, 3.8) is 0 Å². The molecule has 17 heteroatoms. The number of allylic oxidation sites excluding steroid dienone is 2. The number of methoxy groups -OCH3 is 1. The first-order valence-electron chi connectivity index (χ1n) is 17.7. The summed E-state index contributed by atoms with van der Waals surface area (Å²) in [5.74, 6) is -9.27. The second kappa shape index (κ2) is 13.8. The SMILES string of the molecule is COc1ccc(C2C3=CCC4C(=O)N(N(C)c5nc(C(F)(F)F)ccc5Cl)C(=O)C4C3CC3C(=O)N(Nc4ccc(F)cc4)C(=O)C32c2ccc(Cl)cc2)c(O)c1. The van der Waals surface area contributed by atoms with Gasteiger partial charge in [0.1, 0.15) is 23.0 Å². The molecule has 11 nitrogen and oxygen atoms in total. The van der Waals surface area contributed by atoms with E-state index in [0.29, 0.717) is 28.0 Å². The first kappa shape index (κ1) is 38.2. The number of aromatic nitrogens is 1. The molecule has 4 amide bonds. The number of hydrogen-bond donors (Lipinski definition) is 2. The van der Waals surface area contributed by atoms with Gasteiger partial charge in [0.2, 0.25) is 0 Å². The summed E-state index contributed by atoms with van der Waals surface area (Å²) < 4.78 is 60.3. The Morgan fingerprint density at radius 2 is 1.63 bits per heavy atom. The first-order chi connectivity index (χ1) is 27.1. The largest absolute Gasteiger partial charge is 0.508 e. The van der Waals surface area contributed by atoms with Crippen LogP contribution < -0.4 is 15.2 Å². The Morgan fingerprint density at radius 1 is 0.930 bits per heavy atom. The summed E-state index contributed by atoms with van der Waals surface area (Å²) in [6, 6.07) is 17.6. The van der Waals surface area contributed by atoms with Gasteiger partial charge in [0.15, 0.2) is 5.82 Å². The van der Waals surface area contributed by atoms with Crippen molar-refractivity contribution in [2.75, 3.05) is 24.6 Å². The van der Waals surface area contributed by atoms with Crippen molar-refractivity contribution in [2.24, 2.45) is 23.7 Å². The lowest BCUT2D eigenvalue weighted by molar-refractivity contribution is -0.142. The number of carbonyl (C=O) groups excluding carboxylic acids is 4. The van der Waals surface area contributed by atoms with Crippen molar-refractivity contribution in [3.05, 3.63) is 123 Å². The Hall–Kier alpha value is -5.67. The normalized spacial score (nSPS) is 25.5. The van der Waals surface area contributed by atoms with Gasteiger partial charge in [-0.15, -0.1) is 0 Å². The van der Waals surface area contributed by atoms with Gasteiger partial charge in [-0.1, -0.05) is 53.1 Å². The quantitative estimate of drug-likeness (QED) is 0.112.